The molecule has 1 aliphatic heterocycles. The zero-order chi connectivity index (χ0) is 19.1. The Labute approximate surface area is 158 Å². The molecule has 1 unspecified atom stereocenters. The fourth-order valence-electron chi connectivity index (χ4n) is 2.91. The molecule has 1 heterocycles. The molecule has 0 saturated heterocycles. The van der Waals surface area contributed by atoms with Gasteiger partial charge in [0.25, 0.3) is 5.91 Å². The first-order valence-electron chi connectivity index (χ1n) is 8.85. The summed E-state index contributed by atoms with van der Waals surface area (Å²) in [6, 6.07) is 19.3. The molecule has 0 radical (unpaired) electrons. The van der Waals surface area contributed by atoms with Crippen molar-refractivity contribution in [1.82, 2.24) is 4.90 Å². The fraction of sp³-hybridized carbons (Fsp3) is 0.286. The Bertz CT molecular complexity index is 805. The summed E-state index contributed by atoms with van der Waals surface area (Å²) in [5, 5.41) is 4.09. The first-order valence-corrected chi connectivity index (χ1v) is 8.85. The smallest absolute Gasteiger partial charge is 0.307 e. The molecule has 0 spiro atoms. The van der Waals surface area contributed by atoms with E-state index in [4.69, 9.17) is 9.57 Å². The molecule has 0 saturated carbocycles. The molecule has 1 amide bonds. The monoisotopic (exact) mass is 366 g/mol. The number of hydrogen-bond donors (Lipinski definition) is 0. The van der Waals surface area contributed by atoms with Crippen molar-refractivity contribution >= 4 is 17.6 Å². The van der Waals surface area contributed by atoms with Gasteiger partial charge in [-0.15, -0.1) is 0 Å². The number of esters is 1. The average Bonchev–Trinajstić information content (AvgIpc) is 3.22. The summed E-state index contributed by atoms with van der Waals surface area (Å²) in [4.78, 5) is 31.6. The summed E-state index contributed by atoms with van der Waals surface area (Å²) >= 11 is 0. The molecule has 0 bridgehead atoms. The van der Waals surface area contributed by atoms with Crippen LogP contribution in [0.2, 0.25) is 0 Å². The lowest BCUT2D eigenvalue weighted by Gasteiger charge is -2.24. The first kappa shape index (κ1) is 18.6. The van der Waals surface area contributed by atoms with Crippen molar-refractivity contribution in [2.45, 2.75) is 25.5 Å². The number of carbonyl (C=O) groups is 2. The van der Waals surface area contributed by atoms with Crippen LogP contribution in [0.3, 0.4) is 0 Å². The maximum Gasteiger partial charge on any atom is 0.307 e. The van der Waals surface area contributed by atoms with Crippen molar-refractivity contribution < 1.29 is 19.2 Å². The Morgan fingerprint density at radius 2 is 1.78 bits per heavy atom. The molecule has 1 aliphatic rings. The first-order chi connectivity index (χ1) is 13.2. The van der Waals surface area contributed by atoms with Crippen LogP contribution in [0.1, 0.15) is 24.0 Å². The number of carbonyl (C=O) groups excluding carboxylic acids is 2. The molecule has 2 aromatic rings. The third kappa shape index (κ3) is 4.94. The van der Waals surface area contributed by atoms with Crippen LogP contribution in [-0.4, -0.2) is 42.2 Å². The van der Waals surface area contributed by atoms with Crippen LogP contribution in [0.5, 0.6) is 0 Å². The van der Waals surface area contributed by atoms with Crippen molar-refractivity contribution in [3.05, 3.63) is 71.8 Å². The van der Waals surface area contributed by atoms with Crippen molar-refractivity contribution in [3.63, 3.8) is 0 Å². The van der Waals surface area contributed by atoms with E-state index in [2.05, 4.69) is 5.16 Å². The quantitative estimate of drug-likeness (QED) is 0.707. The van der Waals surface area contributed by atoms with Gasteiger partial charge < -0.3 is 14.5 Å². The predicted octanol–water partition coefficient (Wildman–Crippen LogP) is 2.77. The average molecular weight is 366 g/mol. The summed E-state index contributed by atoms with van der Waals surface area (Å²) in [7, 11) is 1.34. The molecule has 6 nitrogen and oxygen atoms in total. The SMILES string of the molecule is COC(=O)CCN(Cc1ccccc1)C(=O)C1CC(c2ccccc2)=NO1. The Balaban J connectivity index is 1.68. The van der Waals surface area contributed by atoms with Gasteiger partial charge in [-0.05, 0) is 11.1 Å². The molecule has 27 heavy (non-hydrogen) atoms. The Hall–Kier alpha value is -3.15. The minimum atomic E-state index is -0.679. The van der Waals surface area contributed by atoms with Crippen LogP contribution in [-0.2, 0) is 25.7 Å². The van der Waals surface area contributed by atoms with Crippen LogP contribution < -0.4 is 0 Å². The maximum absolute atomic E-state index is 13.0. The summed E-state index contributed by atoms with van der Waals surface area (Å²) < 4.78 is 4.70. The highest BCUT2D eigenvalue weighted by molar-refractivity contribution is 6.04. The highest BCUT2D eigenvalue weighted by Crippen LogP contribution is 2.19. The van der Waals surface area contributed by atoms with Gasteiger partial charge >= 0.3 is 5.97 Å². The van der Waals surface area contributed by atoms with Crippen molar-refractivity contribution in [2.75, 3.05) is 13.7 Å². The number of nitrogens with zero attached hydrogens (tertiary/aromatic N) is 2. The third-order valence-corrected chi connectivity index (χ3v) is 4.39. The van der Waals surface area contributed by atoms with E-state index in [-0.39, 0.29) is 24.8 Å². The summed E-state index contributed by atoms with van der Waals surface area (Å²) in [5.74, 6) is -0.535. The molecular weight excluding hydrogens is 344 g/mol. The van der Waals surface area contributed by atoms with E-state index < -0.39 is 6.10 Å². The second-order valence-electron chi connectivity index (χ2n) is 6.27. The molecule has 1 atom stereocenters. The maximum atomic E-state index is 13.0. The van der Waals surface area contributed by atoms with Gasteiger partial charge in [-0.1, -0.05) is 65.8 Å². The molecule has 6 heteroatoms. The van der Waals surface area contributed by atoms with E-state index in [1.165, 1.54) is 7.11 Å². The van der Waals surface area contributed by atoms with E-state index in [9.17, 15) is 9.59 Å². The minimum Gasteiger partial charge on any atom is -0.469 e. The van der Waals surface area contributed by atoms with Crippen molar-refractivity contribution in [1.29, 1.82) is 0 Å². The van der Waals surface area contributed by atoms with Crippen molar-refractivity contribution in [2.24, 2.45) is 5.16 Å². The number of rotatable bonds is 7. The molecule has 0 N–H and O–H groups in total. The van der Waals surface area contributed by atoms with Gasteiger partial charge in [0.1, 0.15) is 0 Å². The van der Waals surface area contributed by atoms with Crippen LogP contribution in [0.4, 0.5) is 0 Å². The number of ether oxygens (including phenoxy) is 1. The van der Waals surface area contributed by atoms with Gasteiger partial charge in [0.2, 0.25) is 6.10 Å². The number of hydrogen-bond acceptors (Lipinski definition) is 5. The Kier molecular flexibility index (Phi) is 6.20. The van der Waals surface area contributed by atoms with Crippen LogP contribution in [0.25, 0.3) is 0 Å². The highest BCUT2D eigenvalue weighted by atomic mass is 16.6. The van der Waals surface area contributed by atoms with E-state index in [0.717, 1.165) is 16.8 Å². The fourth-order valence-corrected chi connectivity index (χ4v) is 2.91. The van der Waals surface area contributed by atoms with Gasteiger partial charge in [0, 0.05) is 19.5 Å². The molecule has 2 aromatic carbocycles. The Morgan fingerprint density at radius 3 is 2.44 bits per heavy atom. The topological polar surface area (TPSA) is 68.2 Å². The lowest BCUT2D eigenvalue weighted by molar-refractivity contribution is -0.145. The van der Waals surface area contributed by atoms with Gasteiger partial charge in [-0.3, -0.25) is 9.59 Å². The van der Waals surface area contributed by atoms with Gasteiger partial charge in [0.15, 0.2) is 0 Å². The molecule has 0 aromatic heterocycles. The zero-order valence-corrected chi connectivity index (χ0v) is 15.2. The van der Waals surface area contributed by atoms with E-state index in [1.807, 2.05) is 60.7 Å². The van der Waals surface area contributed by atoms with Gasteiger partial charge in [-0.2, -0.15) is 0 Å². The summed E-state index contributed by atoms with van der Waals surface area (Å²) in [5.41, 5.74) is 2.68. The second-order valence-corrected chi connectivity index (χ2v) is 6.27. The van der Waals surface area contributed by atoms with Crippen LogP contribution >= 0.6 is 0 Å². The third-order valence-electron chi connectivity index (χ3n) is 4.39. The standard InChI is InChI=1S/C21H22N2O4/c1-26-20(24)12-13-23(15-16-8-4-2-5-9-16)21(25)19-14-18(22-27-19)17-10-6-3-7-11-17/h2-11,19H,12-15H2,1H3. The zero-order valence-electron chi connectivity index (χ0n) is 15.2. The van der Waals surface area contributed by atoms with Crippen LogP contribution in [0, 0.1) is 0 Å². The normalized spacial score (nSPS) is 15.6. The van der Waals surface area contributed by atoms with E-state index in [0.29, 0.717) is 13.0 Å². The lowest BCUT2D eigenvalue weighted by atomic mass is 10.0. The Morgan fingerprint density at radius 1 is 1.11 bits per heavy atom. The van der Waals surface area contributed by atoms with Gasteiger partial charge in [-0.25, -0.2) is 0 Å². The summed E-state index contributed by atoms with van der Waals surface area (Å²) in [6.45, 7) is 0.665. The van der Waals surface area contributed by atoms with Crippen molar-refractivity contribution in [3.8, 4) is 0 Å². The van der Waals surface area contributed by atoms with Crippen LogP contribution in [0.15, 0.2) is 65.8 Å². The number of amides is 1. The summed E-state index contributed by atoms with van der Waals surface area (Å²) in [6.07, 6.45) is -0.137. The number of oxime groups is 1. The molecule has 3 rings (SSSR count). The second kappa shape index (κ2) is 8.98. The van der Waals surface area contributed by atoms with E-state index >= 15 is 0 Å². The minimum absolute atomic E-state index is 0.133. The largest absolute Gasteiger partial charge is 0.469 e. The highest BCUT2D eigenvalue weighted by Gasteiger charge is 2.32. The number of methoxy groups -OCH3 is 1. The molecule has 140 valence electrons. The molecular formula is C21H22N2O4. The predicted molar refractivity (Wildman–Crippen MR) is 101 cm³/mol. The lowest BCUT2D eigenvalue weighted by Crippen LogP contribution is -2.40. The van der Waals surface area contributed by atoms with Gasteiger partial charge in [0.05, 0.1) is 19.2 Å². The van der Waals surface area contributed by atoms with E-state index in [1.54, 1.807) is 4.90 Å². The number of benzene rings is 2. The molecule has 0 fully saturated rings. The molecule has 0 aliphatic carbocycles.